The quantitative estimate of drug-likeness (QED) is 0.430. The van der Waals surface area contributed by atoms with Crippen LogP contribution in [0.3, 0.4) is 0 Å². The number of carbonyl (C=O) groups excluding carboxylic acids is 2. The van der Waals surface area contributed by atoms with Crippen LogP contribution in [0.4, 0.5) is 18.9 Å². The lowest BCUT2D eigenvalue weighted by Crippen LogP contribution is -2.47. The Balaban J connectivity index is 1.80. The number of hydrogen-bond donors (Lipinski definition) is 4. The van der Waals surface area contributed by atoms with E-state index in [4.69, 9.17) is 12.2 Å². The molecule has 0 fully saturated rings. The van der Waals surface area contributed by atoms with Crippen LogP contribution in [-0.2, 0) is 4.79 Å². The lowest BCUT2D eigenvalue weighted by atomic mass is 10.2. The fourth-order valence-electron chi connectivity index (χ4n) is 2.00. The van der Waals surface area contributed by atoms with Gasteiger partial charge in [-0.15, -0.1) is 0 Å². The number of halogens is 3. The molecule has 4 N–H and O–H groups in total. The minimum absolute atomic E-state index is 0.0829. The maximum absolute atomic E-state index is 13.5. The maximum Gasteiger partial charge on any atom is 0.387 e. The second kappa shape index (κ2) is 10.1. The van der Waals surface area contributed by atoms with Crippen molar-refractivity contribution in [2.24, 2.45) is 0 Å². The van der Waals surface area contributed by atoms with E-state index < -0.39 is 30.8 Å². The molecule has 0 aromatic heterocycles. The van der Waals surface area contributed by atoms with Gasteiger partial charge in [0.15, 0.2) is 5.11 Å². The van der Waals surface area contributed by atoms with Gasteiger partial charge in [-0.25, -0.2) is 4.39 Å². The van der Waals surface area contributed by atoms with Gasteiger partial charge in [0.1, 0.15) is 11.6 Å². The average molecular weight is 412 g/mol. The van der Waals surface area contributed by atoms with E-state index in [0.717, 1.165) is 0 Å². The predicted octanol–water partition coefficient (Wildman–Crippen LogP) is 2.17. The summed E-state index contributed by atoms with van der Waals surface area (Å²) in [5.74, 6) is -2.31. The summed E-state index contributed by atoms with van der Waals surface area (Å²) in [7, 11) is 0. The third-order valence-electron chi connectivity index (χ3n) is 3.19. The molecule has 0 aliphatic carbocycles. The van der Waals surface area contributed by atoms with Crippen LogP contribution in [0.1, 0.15) is 10.4 Å². The van der Waals surface area contributed by atoms with E-state index in [1.54, 1.807) is 6.07 Å². The number of benzene rings is 2. The molecule has 0 spiro atoms. The smallest absolute Gasteiger partial charge is 0.387 e. The van der Waals surface area contributed by atoms with E-state index in [1.807, 2.05) is 0 Å². The van der Waals surface area contributed by atoms with Gasteiger partial charge in [0.25, 0.3) is 11.8 Å². The van der Waals surface area contributed by atoms with Crippen LogP contribution in [-0.4, -0.2) is 30.1 Å². The molecule has 0 aliphatic rings. The van der Waals surface area contributed by atoms with Gasteiger partial charge in [-0.3, -0.25) is 20.4 Å². The topological polar surface area (TPSA) is 91.5 Å². The molecule has 2 aromatic carbocycles. The Morgan fingerprint density at radius 1 is 1.04 bits per heavy atom. The molecule has 0 radical (unpaired) electrons. The van der Waals surface area contributed by atoms with Gasteiger partial charge in [-0.2, -0.15) is 8.78 Å². The fraction of sp³-hybridized carbons (Fsp3) is 0.118. The van der Waals surface area contributed by atoms with Crippen molar-refractivity contribution in [3.63, 3.8) is 0 Å². The maximum atomic E-state index is 13.5. The highest BCUT2D eigenvalue weighted by Crippen LogP contribution is 2.19. The van der Waals surface area contributed by atoms with E-state index in [1.165, 1.54) is 42.5 Å². The van der Waals surface area contributed by atoms with Crippen molar-refractivity contribution in [3.05, 3.63) is 59.9 Å². The van der Waals surface area contributed by atoms with Crippen molar-refractivity contribution in [2.45, 2.75) is 6.61 Å². The molecule has 28 heavy (non-hydrogen) atoms. The molecule has 2 amide bonds. The zero-order chi connectivity index (χ0) is 20.5. The minimum atomic E-state index is -3.09. The highest BCUT2D eigenvalue weighted by Gasteiger charge is 2.16. The predicted molar refractivity (Wildman–Crippen MR) is 99.3 cm³/mol. The standard InChI is InChI=1S/C17H15F3N4O3S/c18-11-6-2-3-7-12(11)22-17(28)24-23-14(25)9-21-15(26)10-5-1-4-8-13(10)27-16(19)20/h1-8,16H,9H2,(H,21,26)(H,23,25)(H2,22,24,28). The SMILES string of the molecule is O=C(CNC(=O)c1ccccc1OC(F)F)NNC(=S)Nc1ccccc1F. The van der Waals surface area contributed by atoms with E-state index in [2.05, 4.69) is 26.2 Å². The molecule has 0 aliphatic heterocycles. The summed E-state index contributed by atoms with van der Waals surface area (Å²) in [6.07, 6.45) is 0. The largest absolute Gasteiger partial charge is 0.434 e. The van der Waals surface area contributed by atoms with Crippen LogP contribution in [0.15, 0.2) is 48.5 Å². The van der Waals surface area contributed by atoms with Gasteiger partial charge in [-0.1, -0.05) is 24.3 Å². The Hall–Kier alpha value is -3.34. The monoisotopic (exact) mass is 412 g/mol. The number of hydrazine groups is 1. The number of hydrogen-bond acceptors (Lipinski definition) is 4. The Labute approximate surface area is 163 Å². The molecule has 0 heterocycles. The molecular weight excluding hydrogens is 397 g/mol. The Morgan fingerprint density at radius 3 is 2.43 bits per heavy atom. The van der Waals surface area contributed by atoms with Crippen molar-refractivity contribution in [2.75, 3.05) is 11.9 Å². The normalized spacial score (nSPS) is 10.1. The van der Waals surface area contributed by atoms with Crippen LogP contribution in [0.25, 0.3) is 0 Å². The van der Waals surface area contributed by atoms with Gasteiger partial charge >= 0.3 is 6.61 Å². The van der Waals surface area contributed by atoms with E-state index in [9.17, 15) is 22.8 Å². The Bertz CT molecular complexity index is 867. The molecule has 0 unspecified atom stereocenters. The van der Waals surface area contributed by atoms with Gasteiger partial charge < -0.3 is 15.4 Å². The molecule has 0 saturated heterocycles. The lowest BCUT2D eigenvalue weighted by molar-refractivity contribution is -0.120. The average Bonchev–Trinajstić information content (AvgIpc) is 2.66. The summed E-state index contributed by atoms with van der Waals surface area (Å²) in [6, 6.07) is 11.1. The van der Waals surface area contributed by atoms with E-state index >= 15 is 0 Å². The number of anilines is 1. The number of ether oxygens (including phenoxy) is 1. The first-order valence-corrected chi connectivity index (χ1v) is 8.20. The van der Waals surface area contributed by atoms with Crippen LogP contribution in [0.5, 0.6) is 5.75 Å². The van der Waals surface area contributed by atoms with Crippen molar-refractivity contribution in [1.82, 2.24) is 16.2 Å². The van der Waals surface area contributed by atoms with Crippen molar-refractivity contribution in [1.29, 1.82) is 0 Å². The number of alkyl halides is 2. The summed E-state index contributed by atoms with van der Waals surface area (Å²) in [5.41, 5.74) is 4.49. The first-order chi connectivity index (χ1) is 13.4. The second-order valence-electron chi connectivity index (χ2n) is 5.16. The van der Waals surface area contributed by atoms with E-state index in [0.29, 0.717) is 0 Å². The van der Waals surface area contributed by atoms with Gasteiger partial charge in [0.05, 0.1) is 17.8 Å². The van der Waals surface area contributed by atoms with Gasteiger partial charge in [0, 0.05) is 0 Å². The fourth-order valence-corrected chi connectivity index (χ4v) is 2.16. The number of rotatable bonds is 6. The second-order valence-corrected chi connectivity index (χ2v) is 5.57. The lowest BCUT2D eigenvalue weighted by Gasteiger charge is -2.13. The number of amides is 2. The molecule has 0 bridgehead atoms. The summed E-state index contributed by atoms with van der Waals surface area (Å²) in [6.45, 7) is -3.57. The number of para-hydroxylation sites is 2. The summed E-state index contributed by atoms with van der Waals surface area (Å²) >= 11 is 4.91. The molecule has 2 aromatic rings. The van der Waals surface area contributed by atoms with Crippen molar-refractivity contribution < 1.29 is 27.5 Å². The van der Waals surface area contributed by atoms with Crippen LogP contribution < -0.4 is 26.2 Å². The van der Waals surface area contributed by atoms with E-state index in [-0.39, 0.29) is 22.1 Å². The molecule has 148 valence electrons. The zero-order valence-corrected chi connectivity index (χ0v) is 15.0. The van der Waals surface area contributed by atoms with Crippen LogP contribution in [0.2, 0.25) is 0 Å². The summed E-state index contributed by atoms with van der Waals surface area (Å²) in [4.78, 5) is 23.8. The summed E-state index contributed by atoms with van der Waals surface area (Å²) in [5, 5.41) is 4.71. The van der Waals surface area contributed by atoms with Crippen LogP contribution >= 0.6 is 12.2 Å². The molecule has 0 atom stereocenters. The van der Waals surface area contributed by atoms with Gasteiger partial charge in [0.2, 0.25) is 0 Å². The molecule has 2 rings (SSSR count). The van der Waals surface area contributed by atoms with Crippen LogP contribution in [0, 0.1) is 5.82 Å². The Kier molecular flexibility index (Phi) is 7.57. The van der Waals surface area contributed by atoms with Gasteiger partial charge in [-0.05, 0) is 36.5 Å². The highest BCUT2D eigenvalue weighted by molar-refractivity contribution is 7.80. The molecule has 0 saturated carbocycles. The number of nitrogens with one attached hydrogen (secondary N) is 4. The molecule has 7 nitrogen and oxygen atoms in total. The number of carbonyl (C=O) groups is 2. The first-order valence-electron chi connectivity index (χ1n) is 7.79. The summed E-state index contributed by atoms with van der Waals surface area (Å²) < 4.78 is 42.5. The first kappa shape index (κ1) is 21.0. The number of thiocarbonyl (C=S) groups is 1. The third kappa shape index (κ3) is 6.43. The van der Waals surface area contributed by atoms with Crippen molar-refractivity contribution in [3.8, 4) is 5.75 Å². The van der Waals surface area contributed by atoms with Crippen molar-refractivity contribution >= 4 is 34.8 Å². The highest BCUT2D eigenvalue weighted by atomic mass is 32.1. The Morgan fingerprint density at radius 2 is 1.71 bits per heavy atom. The third-order valence-corrected chi connectivity index (χ3v) is 3.40. The molecular formula is C17H15F3N4O3S. The molecule has 11 heteroatoms. The zero-order valence-electron chi connectivity index (χ0n) is 14.2. The minimum Gasteiger partial charge on any atom is -0.434 e.